The molecule has 92 valence electrons. The average molecular weight is 245 g/mol. The van der Waals surface area contributed by atoms with Crippen molar-refractivity contribution in [3.63, 3.8) is 0 Å². The first-order chi connectivity index (χ1) is 7.47. The van der Waals surface area contributed by atoms with Gasteiger partial charge in [0.15, 0.2) is 9.84 Å². The van der Waals surface area contributed by atoms with Crippen molar-refractivity contribution in [2.24, 2.45) is 0 Å². The summed E-state index contributed by atoms with van der Waals surface area (Å²) in [4.78, 5) is 0. The minimum absolute atomic E-state index is 0.142. The molecule has 6 heteroatoms. The fraction of sp³-hybridized carbons (Fsp3) is 0.700. The summed E-state index contributed by atoms with van der Waals surface area (Å²) < 4.78 is 25.0. The van der Waals surface area contributed by atoms with Crippen LogP contribution in [0.2, 0.25) is 0 Å². The molecule has 0 atom stereocenters. The van der Waals surface area contributed by atoms with Gasteiger partial charge >= 0.3 is 0 Å². The number of aryl methyl sites for hydroxylation is 1. The lowest BCUT2D eigenvalue weighted by Gasteiger charge is -2.09. The van der Waals surface area contributed by atoms with Crippen LogP contribution in [0.4, 0.5) is 0 Å². The summed E-state index contributed by atoms with van der Waals surface area (Å²) in [5.41, 5.74) is 1.00. The molecule has 0 spiro atoms. The quantitative estimate of drug-likeness (QED) is 0.789. The van der Waals surface area contributed by atoms with E-state index in [1.165, 1.54) is 0 Å². The van der Waals surface area contributed by atoms with E-state index < -0.39 is 9.84 Å². The molecule has 0 aliphatic heterocycles. The predicted molar refractivity (Wildman–Crippen MR) is 63.9 cm³/mol. The Bertz CT molecular complexity index is 423. The highest BCUT2D eigenvalue weighted by Crippen LogP contribution is 2.04. The van der Waals surface area contributed by atoms with Gasteiger partial charge in [0.2, 0.25) is 0 Å². The predicted octanol–water partition coefficient (Wildman–Crippen LogP) is 0.426. The van der Waals surface area contributed by atoms with Gasteiger partial charge in [-0.1, -0.05) is 0 Å². The van der Waals surface area contributed by atoms with E-state index in [1.807, 2.05) is 13.1 Å². The summed E-state index contributed by atoms with van der Waals surface area (Å²) in [6.45, 7) is 4.52. The van der Waals surface area contributed by atoms with Crippen molar-refractivity contribution in [3.8, 4) is 0 Å². The molecule has 1 aromatic heterocycles. The fourth-order valence-corrected chi connectivity index (χ4v) is 2.24. The molecule has 1 N–H and O–H groups in total. The van der Waals surface area contributed by atoms with Crippen LogP contribution in [0.5, 0.6) is 0 Å². The topological polar surface area (TPSA) is 64.0 Å². The Morgan fingerprint density at radius 2 is 2.19 bits per heavy atom. The maximum atomic E-state index is 11.6. The zero-order valence-electron chi connectivity index (χ0n) is 9.97. The highest BCUT2D eigenvalue weighted by Gasteiger charge is 2.16. The minimum atomic E-state index is -2.99. The molecule has 16 heavy (non-hydrogen) atoms. The number of sulfone groups is 1. The largest absolute Gasteiger partial charge is 0.314 e. The highest BCUT2D eigenvalue weighted by atomic mass is 32.2. The Hall–Kier alpha value is -0.880. The maximum absolute atomic E-state index is 11.6. The van der Waals surface area contributed by atoms with Crippen LogP contribution in [0, 0.1) is 0 Å². The Kier molecular flexibility index (Phi) is 4.49. The van der Waals surface area contributed by atoms with Crippen molar-refractivity contribution in [2.45, 2.75) is 32.2 Å². The summed E-state index contributed by atoms with van der Waals surface area (Å²) in [5.74, 6) is 0.142. The number of rotatable bonds is 6. The molecule has 0 aliphatic carbocycles. The van der Waals surface area contributed by atoms with Crippen molar-refractivity contribution >= 4 is 9.84 Å². The molecule has 1 rings (SSSR count). The number of hydrogen-bond acceptors (Lipinski definition) is 4. The lowest BCUT2D eigenvalue weighted by Crippen LogP contribution is -2.23. The molecule has 0 saturated carbocycles. The van der Waals surface area contributed by atoms with Gasteiger partial charge in [-0.3, -0.25) is 4.68 Å². The lowest BCUT2D eigenvalue weighted by molar-refractivity contribution is 0.562. The zero-order chi connectivity index (χ0) is 12.2. The fourth-order valence-electron chi connectivity index (χ4n) is 1.34. The van der Waals surface area contributed by atoms with Crippen LogP contribution in [0.3, 0.4) is 0 Å². The van der Waals surface area contributed by atoms with E-state index in [4.69, 9.17) is 0 Å². The molecular weight excluding hydrogens is 226 g/mol. The maximum Gasteiger partial charge on any atom is 0.154 e. The van der Waals surface area contributed by atoms with Gasteiger partial charge in [-0.15, -0.1) is 0 Å². The molecule has 1 aromatic rings. The SMILES string of the molecule is CNCc1ccnn1CCS(=O)(=O)C(C)C. The van der Waals surface area contributed by atoms with Crippen LogP contribution in [0.15, 0.2) is 12.3 Å². The van der Waals surface area contributed by atoms with Crippen LogP contribution < -0.4 is 5.32 Å². The van der Waals surface area contributed by atoms with Crippen LogP contribution in [-0.2, 0) is 22.9 Å². The number of hydrogen-bond donors (Lipinski definition) is 1. The van der Waals surface area contributed by atoms with Gasteiger partial charge in [-0.2, -0.15) is 5.10 Å². The second-order valence-electron chi connectivity index (χ2n) is 3.99. The monoisotopic (exact) mass is 245 g/mol. The molecule has 0 fully saturated rings. The lowest BCUT2D eigenvalue weighted by atomic mass is 10.4. The van der Waals surface area contributed by atoms with Crippen LogP contribution in [0.25, 0.3) is 0 Å². The first kappa shape index (κ1) is 13.2. The van der Waals surface area contributed by atoms with E-state index in [2.05, 4.69) is 10.4 Å². The van der Waals surface area contributed by atoms with Crippen LogP contribution in [0.1, 0.15) is 19.5 Å². The molecule has 0 aromatic carbocycles. The summed E-state index contributed by atoms with van der Waals surface area (Å²) >= 11 is 0. The standard InChI is InChI=1S/C10H19N3O2S/c1-9(2)16(14,15)7-6-13-10(8-11-3)4-5-12-13/h4-5,9,11H,6-8H2,1-3H3. The van der Waals surface area contributed by atoms with E-state index in [1.54, 1.807) is 24.7 Å². The average Bonchev–Trinajstić information content (AvgIpc) is 2.63. The third-order valence-corrected chi connectivity index (χ3v) is 4.66. The Morgan fingerprint density at radius 3 is 2.75 bits per heavy atom. The molecule has 1 heterocycles. The van der Waals surface area contributed by atoms with Gasteiger partial charge < -0.3 is 5.32 Å². The first-order valence-electron chi connectivity index (χ1n) is 5.34. The van der Waals surface area contributed by atoms with E-state index >= 15 is 0 Å². The second-order valence-corrected chi connectivity index (χ2v) is 6.67. The zero-order valence-corrected chi connectivity index (χ0v) is 10.8. The van der Waals surface area contributed by atoms with Gasteiger partial charge in [0, 0.05) is 12.7 Å². The molecule has 0 saturated heterocycles. The first-order valence-corrected chi connectivity index (χ1v) is 7.05. The van der Waals surface area contributed by atoms with Gasteiger partial charge in [0.25, 0.3) is 0 Å². The van der Waals surface area contributed by atoms with Gasteiger partial charge in [0.1, 0.15) is 0 Å². The summed E-state index contributed by atoms with van der Waals surface area (Å²) in [6, 6.07) is 1.89. The van der Waals surface area contributed by atoms with Crippen molar-refractivity contribution in [3.05, 3.63) is 18.0 Å². The van der Waals surface area contributed by atoms with Crippen molar-refractivity contribution in [1.29, 1.82) is 0 Å². The highest BCUT2D eigenvalue weighted by molar-refractivity contribution is 7.91. The normalized spacial score (nSPS) is 12.2. The molecule has 0 bridgehead atoms. The summed E-state index contributed by atoms with van der Waals surface area (Å²) in [6.07, 6.45) is 1.69. The number of nitrogens with one attached hydrogen (secondary N) is 1. The van der Waals surface area contributed by atoms with Gasteiger partial charge in [0.05, 0.1) is 23.2 Å². The Labute approximate surface area is 96.8 Å². The van der Waals surface area contributed by atoms with E-state index in [0.29, 0.717) is 13.1 Å². The smallest absolute Gasteiger partial charge is 0.154 e. The Morgan fingerprint density at radius 1 is 1.50 bits per heavy atom. The molecule has 5 nitrogen and oxygen atoms in total. The van der Waals surface area contributed by atoms with E-state index in [0.717, 1.165) is 5.69 Å². The molecule has 0 amide bonds. The van der Waals surface area contributed by atoms with Crippen molar-refractivity contribution < 1.29 is 8.42 Å². The number of aromatic nitrogens is 2. The minimum Gasteiger partial charge on any atom is -0.314 e. The molecule has 0 radical (unpaired) electrons. The molecule has 0 aliphatic rings. The van der Waals surface area contributed by atoms with Crippen LogP contribution >= 0.6 is 0 Å². The van der Waals surface area contributed by atoms with Crippen molar-refractivity contribution in [2.75, 3.05) is 12.8 Å². The van der Waals surface area contributed by atoms with Gasteiger partial charge in [-0.25, -0.2) is 8.42 Å². The molecular formula is C10H19N3O2S. The van der Waals surface area contributed by atoms with E-state index in [-0.39, 0.29) is 11.0 Å². The summed E-state index contributed by atoms with van der Waals surface area (Å²) in [7, 11) is -1.14. The second kappa shape index (κ2) is 5.45. The molecule has 0 unspecified atom stereocenters. The number of nitrogens with zero attached hydrogens (tertiary/aromatic N) is 2. The van der Waals surface area contributed by atoms with Gasteiger partial charge in [-0.05, 0) is 27.0 Å². The Balaban J connectivity index is 2.64. The van der Waals surface area contributed by atoms with E-state index in [9.17, 15) is 8.42 Å². The third kappa shape index (κ3) is 3.31. The van der Waals surface area contributed by atoms with Crippen molar-refractivity contribution in [1.82, 2.24) is 15.1 Å². The third-order valence-electron chi connectivity index (χ3n) is 2.47. The summed E-state index contributed by atoms with van der Waals surface area (Å²) in [5, 5.41) is 6.81. The van der Waals surface area contributed by atoms with Crippen LogP contribution in [-0.4, -0.2) is 36.2 Å².